The molecule has 2 aromatic rings. The first-order valence-corrected chi connectivity index (χ1v) is 5.75. The fraction of sp³-hybridized carbons (Fsp3) is 0. The number of phenolic OH excluding ortho intramolecular Hbond substituents is 2. The van der Waals surface area contributed by atoms with Crippen LogP contribution >= 0.6 is 0 Å². The molecule has 0 radical (unpaired) electrons. The van der Waals surface area contributed by atoms with Crippen molar-refractivity contribution >= 4 is 11.8 Å². The minimum absolute atomic E-state index is 0.0451. The van der Waals surface area contributed by atoms with Crippen LogP contribution in [0.4, 0.5) is 0 Å². The molecule has 0 atom stereocenters. The van der Waals surface area contributed by atoms with E-state index in [2.05, 4.69) is 10.9 Å². The highest BCUT2D eigenvalue weighted by atomic mass is 16.3. The summed E-state index contributed by atoms with van der Waals surface area (Å²) in [6.45, 7) is 0. The zero-order valence-corrected chi connectivity index (χ0v) is 10.3. The van der Waals surface area contributed by atoms with Gasteiger partial charge < -0.3 is 10.2 Å². The number of carbonyl (C=O) groups is 2. The Bertz CT molecular complexity index is 655. The van der Waals surface area contributed by atoms with Gasteiger partial charge >= 0.3 is 0 Å². The normalized spacial score (nSPS) is 9.80. The molecule has 0 aromatic heterocycles. The summed E-state index contributed by atoms with van der Waals surface area (Å²) in [5.74, 6) is -1.46. The van der Waals surface area contributed by atoms with Crippen LogP contribution in [0.15, 0.2) is 48.5 Å². The molecule has 0 heterocycles. The van der Waals surface area contributed by atoms with E-state index in [4.69, 9.17) is 0 Å². The Balaban J connectivity index is 2.01. The second-order valence-corrected chi connectivity index (χ2v) is 3.98. The van der Waals surface area contributed by atoms with Crippen LogP contribution in [0.3, 0.4) is 0 Å². The molecule has 0 bridgehead atoms. The van der Waals surface area contributed by atoms with E-state index in [1.165, 1.54) is 36.4 Å². The highest BCUT2D eigenvalue weighted by molar-refractivity contribution is 6.00. The number of para-hydroxylation sites is 1. The average molecular weight is 272 g/mol. The highest BCUT2D eigenvalue weighted by Gasteiger charge is 2.12. The fourth-order valence-electron chi connectivity index (χ4n) is 1.57. The number of benzene rings is 2. The fourth-order valence-corrected chi connectivity index (χ4v) is 1.57. The van der Waals surface area contributed by atoms with Gasteiger partial charge in [0.25, 0.3) is 11.8 Å². The standard InChI is InChI=1S/C14H12N2O4/c17-10-5-3-4-9(8-10)13(19)15-16-14(20)11-6-1-2-7-12(11)18/h1-8,17-18H,(H,15,19)(H,16,20). The van der Waals surface area contributed by atoms with Crippen molar-refractivity contribution in [3.05, 3.63) is 59.7 Å². The Morgan fingerprint density at radius 1 is 0.850 bits per heavy atom. The smallest absolute Gasteiger partial charge is 0.273 e. The van der Waals surface area contributed by atoms with Crippen LogP contribution < -0.4 is 10.9 Å². The summed E-state index contributed by atoms with van der Waals surface area (Å²) >= 11 is 0. The molecule has 0 aliphatic rings. The lowest BCUT2D eigenvalue weighted by molar-refractivity contribution is 0.0845. The highest BCUT2D eigenvalue weighted by Crippen LogP contribution is 2.14. The molecular formula is C14H12N2O4. The molecule has 0 aliphatic heterocycles. The van der Waals surface area contributed by atoms with Crippen LogP contribution in [0.5, 0.6) is 11.5 Å². The van der Waals surface area contributed by atoms with E-state index >= 15 is 0 Å². The molecule has 2 aromatic carbocycles. The molecule has 0 saturated heterocycles. The van der Waals surface area contributed by atoms with Gasteiger partial charge in [0.1, 0.15) is 11.5 Å². The number of hydrogen-bond acceptors (Lipinski definition) is 4. The number of aromatic hydroxyl groups is 2. The molecule has 20 heavy (non-hydrogen) atoms. The van der Waals surface area contributed by atoms with E-state index < -0.39 is 11.8 Å². The van der Waals surface area contributed by atoms with Crippen LogP contribution in [0, 0.1) is 0 Å². The van der Waals surface area contributed by atoms with Crippen molar-refractivity contribution in [2.24, 2.45) is 0 Å². The minimum Gasteiger partial charge on any atom is -0.508 e. The number of rotatable bonds is 2. The predicted molar refractivity (Wildman–Crippen MR) is 71.1 cm³/mol. The Morgan fingerprint density at radius 3 is 2.25 bits per heavy atom. The molecule has 2 amide bonds. The number of phenols is 2. The average Bonchev–Trinajstić information content (AvgIpc) is 2.45. The topological polar surface area (TPSA) is 98.7 Å². The maximum absolute atomic E-state index is 11.7. The Kier molecular flexibility index (Phi) is 3.85. The molecule has 6 nitrogen and oxygen atoms in total. The van der Waals surface area contributed by atoms with E-state index in [0.29, 0.717) is 0 Å². The van der Waals surface area contributed by atoms with E-state index in [1.807, 2.05) is 0 Å². The summed E-state index contributed by atoms with van der Waals surface area (Å²) in [7, 11) is 0. The van der Waals surface area contributed by atoms with Crippen LogP contribution in [0.1, 0.15) is 20.7 Å². The van der Waals surface area contributed by atoms with E-state index in [0.717, 1.165) is 0 Å². The zero-order valence-electron chi connectivity index (χ0n) is 10.3. The van der Waals surface area contributed by atoms with E-state index in [-0.39, 0.29) is 22.6 Å². The van der Waals surface area contributed by atoms with Gasteiger partial charge in [-0.1, -0.05) is 18.2 Å². The lowest BCUT2D eigenvalue weighted by Crippen LogP contribution is -2.41. The Hall–Kier alpha value is -3.02. The maximum Gasteiger partial charge on any atom is 0.273 e. The molecule has 6 heteroatoms. The summed E-state index contributed by atoms with van der Waals surface area (Å²) in [5, 5.41) is 18.7. The van der Waals surface area contributed by atoms with Crippen molar-refractivity contribution in [2.45, 2.75) is 0 Å². The third-order valence-corrected chi connectivity index (χ3v) is 2.55. The first-order valence-electron chi connectivity index (χ1n) is 5.75. The van der Waals surface area contributed by atoms with Gasteiger partial charge in [-0.25, -0.2) is 0 Å². The van der Waals surface area contributed by atoms with E-state index in [9.17, 15) is 19.8 Å². The van der Waals surface area contributed by atoms with Gasteiger partial charge in [0.2, 0.25) is 0 Å². The van der Waals surface area contributed by atoms with Crippen LogP contribution in [-0.2, 0) is 0 Å². The number of amides is 2. The van der Waals surface area contributed by atoms with Crippen molar-refractivity contribution in [1.29, 1.82) is 0 Å². The van der Waals surface area contributed by atoms with Gasteiger partial charge in [-0.05, 0) is 30.3 Å². The van der Waals surface area contributed by atoms with Crippen LogP contribution in [-0.4, -0.2) is 22.0 Å². The Morgan fingerprint density at radius 2 is 1.55 bits per heavy atom. The summed E-state index contributed by atoms with van der Waals surface area (Å²) in [5.41, 5.74) is 4.61. The van der Waals surface area contributed by atoms with Crippen LogP contribution in [0.25, 0.3) is 0 Å². The number of hydrogen-bond donors (Lipinski definition) is 4. The largest absolute Gasteiger partial charge is 0.508 e. The van der Waals surface area contributed by atoms with Crippen LogP contribution in [0.2, 0.25) is 0 Å². The second kappa shape index (κ2) is 5.75. The van der Waals surface area contributed by atoms with Gasteiger partial charge in [-0.15, -0.1) is 0 Å². The first kappa shape index (κ1) is 13.4. The van der Waals surface area contributed by atoms with Gasteiger partial charge in [-0.3, -0.25) is 20.4 Å². The van der Waals surface area contributed by atoms with Gasteiger partial charge in [0, 0.05) is 5.56 Å². The molecule has 0 unspecified atom stereocenters. The molecule has 0 saturated carbocycles. The molecule has 102 valence electrons. The SMILES string of the molecule is O=C(NNC(=O)c1ccccc1O)c1cccc(O)c1. The number of nitrogens with one attached hydrogen (secondary N) is 2. The lowest BCUT2D eigenvalue weighted by Gasteiger charge is -2.08. The third-order valence-electron chi connectivity index (χ3n) is 2.55. The molecule has 0 aliphatic carbocycles. The summed E-state index contributed by atoms with van der Waals surface area (Å²) in [6.07, 6.45) is 0. The second-order valence-electron chi connectivity index (χ2n) is 3.98. The summed E-state index contributed by atoms with van der Waals surface area (Å²) in [4.78, 5) is 23.5. The van der Waals surface area contributed by atoms with Gasteiger partial charge in [-0.2, -0.15) is 0 Å². The van der Waals surface area contributed by atoms with Crippen molar-refractivity contribution in [1.82, 2.24) is 10.9 Å². The van der Waals surface area contributed by atoms with Crippen molar-refractivity contribution in [3.63, 3.8) is 0 Å². The van der Waals surface area contributed by atoms with E-state index in [1.54, 1.807) is 12.1 Å². The number of carbonyl (C=O) groups excluding carboxylic acids is 2. The first-order chi connectivity index (χ1) is 9.58. The summed E-state index contributed by atoms with van der Waals surface area (Å²) < 4.78 is 0. The lowest BCUT2D eigenvalue weighted by atomic mass is 10.2. The number of hydrazine groups is 1. The molecule has 0 spiro atoms. The zero-order chi connectivity index (χ0) is 14.5. The predicted octanol–water partition coefficient (Wildman–Crippen LogP) is 1.17. The van der Waals surface area contributed by atoms with Gasteiger partial charge in [0.15, 0.2) is 0 Å². The molecule has 0 fully saturated rings. The summed E-state index contributed by atoms with van der Waals surface area (Å²) in [6, 6.07) is 11.6. The molecule has 2 rings (SSSR count). The van der Waals surface area contributed by atoms with Crippen molar-refractivity contribution in [3.8, 4) is 11.5 Å². The quantitative estimate of drug-likeness (QED) is 0.617. The van der Waals surface area contributed by atoms with Crippen molar-refractivity contribution in [2.75, 3.05) is 0 Å². The maximum atomic E-state index is 11.7. The third kappa shape index (κ3) is 3.05. The minimum atomic E-state index is -0.642. The van der Waals surface area contributed by atoms with Crippen molar-refractivity contribution < 1.29 is 19.8 Å². The Labute approximate surface area is 114 Å². The van der Waals surface area contributed by atoms with Gasteiger partial charge in [0.05, 0.1) is 5.56 Å². The molecular weight excluding hydrogens is 260 g/mol. The molecule has 4 N–H and O–H groups in total. The monoisotopic (exact) mass is 272 g/mol.